The first-order valence-corrected chi connectivity index (χ1v) is 12.5. The van der Waals surface area contributed by atoms with E-state index >= 15 is 0 Å². The van der Waals surface area contributed by atoms with Crippen LogP contribution in [-0.2, 0) is 21.0 Å². The summed E-state index contributed by atoms with van der Waals surface area (Å²) in [5.74, 6) is 0.147. The Hall–Kier alpha value is -2.79. The van der Waals surface area contributed by atoms with Gasteiger partial charge < -0.3 is 14.5 Å². The Labute approximate surface area is 196 Å². The van der Waals surface area contributed by atoms with Gasteiger partial charge in [0.1, 0.15) is 5.75 Å². The molecule has 2 aliphatic rings. The summed E-state index contributed by atoms with van der Waals surface area (Å²) in [5.41, 5.74) is -0.224. The molecule has 2 heterocycles. The van der Waals surface area contributed by atoms with E-state index < -0.39 is 21.8 Å². The van der Waals surface area contributed by atoms with E-state index in [1.54, 1.807) is 11.0 Å². The number of piperazine rings is 1. The van der Waals surface area contributed by atoms with Gasteiger partial charge in [0.25, 0.3) is 5.91 Å². The average Bonchev–Trinajstić information content (AvgIpc) is 3.39. The van der Waals surface area contributed by atoms with Crippen molar-refractivity contribution in [2.24, 2.45) is 0 Å². The highest BCUT2D eigenvalue weighted by molar-refractivity contribution is 7.89. The van der Waals surface area contributed by atoms with E-state index in [9.17, 15) is 26.4 Å². The summed E-state index contributed by atoms with van der Waals surface area (Å²) >= 11 is 0. The van der Waals surface area contributed by atoms with Crippen molar-refractivity contribution in [1.29, 1.82) is 0 Å². The highest BCUT2D eigenvalue weighted by atomic mass is 32.2. The Balaban J connectivity index is 1.28. The van der Waals surface area contributed by atoms with E-state index in [0.29, 0.717) is 50.7 Å². The lowest BCUT2D eigenvalue weighted by molar-refractivity contribution is -0.137. The lowest BCUT2D eigenvalue weighted by Gasteiger charge is -2.36. The maximum absolute atomic E-state index is 13.0. The SMILES string of the molecule is O=C(COc1ccc(S(=O)(=O)N2CCCC2)cc1)N1CCN(c2cccc(C(F)(F)F)c2)CC1. The molecule has 0 bridgehead atoms. The van der Waals surface area contributed by atoms with Crippen LogP contribution in [0, 0.1) is 0 Å². The normalized spacial score (nSPS) is 17.7. The molecule has 0 N–H and O–H groups in total. The zero-order chi connectivity index (χ0) is 24.3. The minimum absolute atomic E-state index is 0.193. The van der Waals surface area contributed by atoms with Crippen molar-refractivity contribution in [2.45, 2.75) is 23.9 Å². The smallest absolute Gasteiger partial charge is 0.416 e. The number of rotatable bonds is 6. The van der Waals surface area contributed by atoms with Gasteiger partial charge >= 0.3 is 6.18 Å². The second-order valence-corrected chi connectivity index (χ2v) is 10.2. The molecule has 0 aromatic heterocycles. The molecular formula is C23H26F3N3O4S. The minimum Gasteiger partial charge on any atom is -0.484 e. The van der Waals surface area contributed by atoms with Crippen LogP contribution in [0.3, 0.4) is 0 Å². The molecule has 34 heavy (non-hydrogen) atoms. The fourth-order valence-corrected chi connectivity index (χ4v) is 5.63. The number of halogens is 3. The lowest BCUT2D eigenvalue weighted by atomic mass is 10.1. The van der Waals surface area contributed by atoms with E-state index in [2.05, 4.69) is 0 Å². The number of amides is 1. The third kappa shape index (κ3) is 5.47. The molecule has 2 aromatic rings. The zero-order valence-electron chi connectivity index (χ0n) is 18.5. The van der Waals surface area contributed by atoms with Crippen molar-refractivity contribution in [1.82, 2.24) is 9.21 Å². The van der Waals surface area contributed by atoms with E-state index in [4.69, 9.17) is 4.74 Å². The first kappa shape index (κ1) is 24.3. The number of ether oxygens (including phenoxy) is 1. The molecule has 0 radical (unpaired) electrons. The molecule has 2 aromatic carbocycles. The monoisotopic (exact) mass is 497 g/mol. The Bertz CT molecular complexity index is 1110. The first-order chi connectivity index (χ1) is 16.1. The molecule has 0 spiro atoms. The quantitative estimate of drug-likeness (QED) is 0.613. The Morgan fingerprint density at radius 3 is 2.18 bits per heavy atom. The van der Waals surface area contributed by atoms with Gasteiger partial charge in [-0.1, -0.05) is 6.07 Å². The molecule has 2 saturated heterocycles. The van der Waals surface area contributed by atoms with Crippen LogP contribution in [0.4, 0.5) is 18.9 Å². The van der Waals surface area contributed by atoms with Crippen molar-refractivity contribution in [3.63, 3.8) is 0 Å². The lowest BCUT2D eigenvalue weighted by Crippen LogP contribution is -2.50. The molecular weight excluding hydrogens is 471 g/mol. The van der Waals surface area contributed by atoms with Gasteiger partial charge in [-0.05, 0) is 55.3 Å². The van der Waals surface area contributed by atoms with E-state index in [0.717, 1.165) is 25.0 Å². The standard InChI is InChI=1S/C23H26F3N3O4S/c24-23(25,26)18-4-3-5-19(16-18)27-12-14-28(15-13-27)22(30)17-33-20-6-8-21(9-7-20)34(31,32)29-10-1-2-11-29/h3-9,16H,1-2,10-15,17H2. The minimum atomic E-state index is -4.40. The molecule has 1 amide bonds. The zero-order valence-corrected chi connectivity index (χ0v) is 19.3. The Morgan fingerprint density at radius 2 is 1.56 bits per heavy atom. The maximum atomic E-state index is 13.0. The third-order valence-corrected chi connectivity index (χ3v) is 7.97. The summed E-state index contributed by atoms with van der Waals surface area (Å²) in [5, 5.41) is 0. The van der Waals surface area contributed by atoms with Gasteiger partial charge in [-0.2, -0.15) is 17.5 Å². The third-order valence-electron chi connectivity index (χ3n) is 6.06. The molecule has 4 rings (SSSR count). The van der Waals surface area contributed by atoms with Gasteiger partial charge in [0.15, 0.2) is 6.61 Å². The highest BCUT2D eigenvalue weighted by Crippen LogP contribution is 2.32. The summed E-state index contributed by atoms with van der Waals surface area (Å²) in [6.45, 7) is 2.40. The predicted molar refractivity (Wildman–Crippen MR) is 120 cm³/mol. The van der Waals surface area contributed by atoms with E-state index in [1.165, 1.54) is 34.6 Å². The number of benzene rings is 2. The van der Waals surface area contributed by atoms with Crippen molar-refractivity contribution in [3.05, 3.63) is 54.1 Å². The molecule has 2 aliphatic heterocycles. The molecule has 0 aliphatic carbocycles. The van der Waals surface area contributed by atoms with Crippen LogP contribution in [0.15, 0.2) is 53.4 Å². The number of hydrogen-bond acceptors (Lipinski definition) is 5. The van der Waals surface area contributed by atoms with Gasteiger partial charge in [0, 0.05) is 45.0 Å². The van der Waals surface area contributed by atoms with Gasteiger partial charge in [-0.25, -0.2) is 8.42 Å². The van der Waals surface area contributed by atoms with Gasteiger partial charge in [0.2, 0.25) is 10.0 Å². The number of sulfonamides is 1. The number of carbonyl (C=O) groups excluding carboxylic acids is 1. The van der Waals surface area contributed by atoms with E-state index in [1.807, 2.05) is 4.90 Å². The largest absolute Gasteiger partial charge is 0.484 e. The Morgan fingerprint density at radius 1 is 0.912 bits per heavy atom. The highest BCUT2D eigenvalue weighted by Gasteiger charge is 2.31. The fourth-order valence-electron chi connectivity index (χ4n) is 4.11. The number of anilines is 1. The van der Waals surface area contributed by atoms with Crippen molar-refractivity contribution in [3.8, 4) is 5.75 Å². The first-order valence-electron chi connectivity index (χ1n) is 11.1. The van der Waals surface area contributed by atoms with Crippen molar-refractivity contribution in [2.75, 3.05) is 50.8 Å². The van der Waals surface area contributed by atoms with Crippen molar-refractivity contribution >= 4 is 21.6 Å². The van der Waals surface area contributed by atoms with Crippen LogP contribution in [0.25, 0.3) is 0 Å². The number of carbonyl (C=O) groups is 1. The number of hydrogen-bond donors (Lipinski definition) is 0. The molecule has 0 atom stereocenters. The summed E-state index contributed by atoms with van der Waals surface area (Å²) in [7, 11) is -3.51. The van der Waals surface area contributed by atoms with Crippen LogP contribution < -0.4 is 9.64 Å². The fraction of sp³-hybridized carbons (Fsp3) is 0.435. The second-order valence-electron chi connectivity index (χ2n) is 8.29. The molecule has 0 saturated carbocycles. The van der Waals surface area contributed by atoms with Gasteiger partial charge in [-0.3, -0.25) is 4.79 Å². The molecule has 11 heteroatoms. The van der Waals surface area contributed by atoms with Gasteiger partial charge in [0.05, 0.1) is 10.5 Å². The van der Waals surface area contributed by atoms with Crippen LogP contribution in [-0.4, -0.2) is 69.4 Å². The predicted octanol–water partition coefficient (Wildman–Crippen LogP) is 3.22. The molecule has 7 nitrogen and oxygen atoms in total. The number of alkyl halides is 3. The molecule has 2 fully saturated rings. The molecule has 184 valence electrons. The topological polar surface area (TPSA) is 70.2 Å². The van der Waals surface area contributed by atoms with Crippen LogP contribution in [0.1, 0.15) is 18.4 Å². The van der Waals surface area contributed by atoms with Crippen LogP contribution in [0.5, 0.6) is 5.75 Å². The average molecular weight is 498 g/mol. The second kappa shape index (κ2) is 9.83. The molecule has 0 unspecified atom stereocenters. The van der Waals surface area contributed by atoms with E-state index in [-0.39, 0.29) is 17.4 Å². The van der Waals surface area contributed by atoms with Gasteiger partial charge in [-0.15, -0.1) is 0 Å². The maximum Gasteiger partial charge on any atom is 0.416 e. The Kier molecular flexibility index (Phi) is 7.04. The van der Waals surface area contributed by atoms with Crippen molar-refractivity contribution < 1.29 is 31.1 Å². The summed E-state index contributed by atoms with van der Waals surface area (Å²) in [6, 6.07) is 11.2. The number of nitrogens with zero attached hydrogens (tertiary/aromatic N) is 3. The van der Waals surface area contributed by atoms with Crippen LogP contribution >= 0.6 is 0 Å². The van der Waals surface area contributed by atoms with Crippen LogP contribution in [0.2, 0.25) is 0 Å². The summed E-state index contributed by atoms with van der Waals surface area (Å²) < 4.78 is 71.0. The summed E-state index contributed by atoms with van der Waals surface area (Å²) in [4.78, 5) is 16.2. The summed E-state index contributed by atoms with van der Waals surface area (Å²) in [6.07, 6.45) is -2.69.